The Morgan fingerprint density at radius 2 is 1.76 bits per heavy atom. The van der Waals surface area contributed by atoms with Gasteiger partial charge >= 0.3 is 5.97 Å². The number of rotatable bonds is 5. The molecule has 0 spiro atoms. The summed E-state index contributed by atoms with van der Waals surface area (Å²) in [6.07, 6.45) is 0. The van der Waals surface area contributed by atoms with Gasteiger partial charge < -0.3 is 10.4 Å². The van der Waals surface area contributed by atoms with E-state index in [1.807, 2.05) is 0 Å². The summed E-state index contributed by atoms with van der Waals surface area (Å²) in [5.41, 5.74) is 0.741. The SMILES string of the molecule is Cc1c(NC(=O)[C@H](C)S(=O)(=O)C(C)C)cccc1C(=O)O. The summed E-state index contributed by atoms with van der Waals surface area (Å²) < 4.78 is 23.9. The predicted octanol–water partition coefficient (Wildman–Crippen LogP) is 1.84. The van der Waals surface area contributed by atoms with Gasteiger partial charge in [0, 0.05) is 5.69 Å². The highest BCUT2D eigenvalue weighted by molar-refractivity contribution is 7.93. The summed E-state index contributed by atoms with van der Waals surface area (Å²) in [6.45, 7) is 5.90. The summed E-state index contributed by atoms with van der Waals surface area (Å²) >= 11 is 0. The van der Waals surface area contributed by atoms with E-state index in [0.717, 1.165) is 0 Å². The highest BCUT2D eigenvalue weighted by Crippen LogP contribution is 2.20. The molecule has 0 saturated carbocycles. The molecule has 1 aromatic rings. The Bertz CT molecular complexity index is 664. The van der Waals surface area contributed by atoms with E-state index >= 15 is 0 Å². The van der Waals surface area contributed by atoms with E-state index in [1.54, 1.807) is 6.92 Å². The zero-order chi connectivity index (χ0) is 16.4. The van der Waals surface area contributed by atoms with E-state index in [1.165, 1.54) is 39.0 Å². The van der Waals surface area contributed by atoms with Crippen molar-refractivity contribution < 1.29 is 23.1 Å². The quantitative estimate of drug-likeness (QED) is 0.864. The minimum absolute atomic E-state index is 0.0622. The zero-order valence-corrected chi connectivity index (χ0v) is 13.2. The van der Waals surface area contributed by atoms with E-state index in [2.05, 4.69) is 5.32 Å². The molecule has 0 aliphatic rings. The molecule has 0 aromatic heterocycles. The lowest BCUT2D eigenvalue weighted by atomic mass is 10.1. The van der Waals surface area contributed by atoms with Gasteiger partial charge in [-0.3, -0.25) is 4.79 Å². The number of nitrogens with one attached hydrogen (secondary N) is 1. The van der Waals surface area contributed by atoms with Crippen LogP contribution in [0.15, 0.2) is 18.2 Å². The van der Waals surface area contributed by atoms with Crippen molar-refractivity contribution in [2.45, 2.75) is 38.2 Å². The van der Waals surface area contributed by atoms with Gasteiger partial charge in [-0.2, -0.15) is 0 Å². The van der Waals surface area contributed by atoms with Crippen LogP contribution in [-0.2, 0) is 14.6 Å². The van der Waals surface area contributed by atoms with Gasteiger partial charge in [-0.25, -0.2) is 13.2 Å². The maximum atomic E-state index is 12.1. The fourth-order valence-corrected chi connectivity index (χ4v) is 2.97. The van der Waals surface area contributed by atoms with Crippen molar-refractivity contribution in [2.75, 3.05) is 5.32 Å². The van der Waals surface area contributed by atoms with Gasteiger partial charge in [0.25, 0.3) is 0 Å². The lowest BCUT2D eigenvalue weighted by Gasteiger charge is -2.17. The largest absolute Gasteiger partial charge is 0.478 e. The molecule has 0 radical (unpaired) electrons. The number of anilines is 1. The summed E-state index contributed by atoms with van der Waals surface area (Å²) in [6, 6.07) is 4.45. The standard InChI is InChI=1S/C14H19NO5S/c1-8(2)21(19,20)10(4)13(16)15-12-7-5-6-11(9(12)3)14(17)18/h5-8,10H,1-4H3,(H,15,16)(H,17,18)/t10-/m0/s1. The molecule has 1 rings (SSSR count). The van der Waals surface area contributed by atoms with Gasteiger partial charge in [0.05, 0.1) is 10.8 Å². The van der Waals surface area contributed by atoms with E-state index < -0.39 is 32.2 Å². The number of sulfone groups is 1. The number of carbonyl (C=O) groups excluding carboxylic acids is 1. The maximum absolute atomic E-state index is 12.1. The molecule has 0 saturated heterocycles. The third-order valence-electron chi connectivity index (χ3n) is 3.34. The topological polar surface area (TPSA) is 101 Å². The average molecular weight is 313 g/mol. The molecule has 2 N–H and O–H groups in total. The third-order valence-corrected chi connectivity index (χ3v) is 5.85. The first kappa shape index (κ1) is 17.2. The van der Waals surface area contributed by atoms with Gasteiger partial charge in [-0.15, -0.1) is 0 Å². The number of benzene rings is 1. The number of aromatic carboxylic acids is 1. The van der Waals surface area contributed by atoms with Crippen LogP contribution < -0.4 is 5.32 Å². The van der Waals surface area contributed by atoms with E-state index in [0.29, 0.717) is 11.3 Å². The molecule has 1 aromatic carbocycles. The van der Waals surface area contributed by atoms with Gasteiger partial charge in [0.2, 0.25) is 5.91 Å². The molecule has 0 fully saturated rings. The lowest BCUT2D eigenvalue weighted by Crippen LogP contribution is -2.36. The second-order valence-corrected chi connectivity index (χ2v) is 7.88. The number of hydrogen-bond acceptors (Lipinski definition) is 4. The van der Waals surface area contributed by atoms with Crippen LogP contribution in [0.2, 0.25) is 0 Å². The second-order valence-electron chi connectivity index (χ2n) is 5.05. The van der Waals surface area contributed by atoms with Crippen molar-refractivity contribution in [3.05, 3.63) is 29.3 Å². The lowest BCUT2D eigenvalue weighted by molar-refractivity contribution is -0.115. The molecule has 0 aliphatic carbocycles. The van der Waals surface area contributed by atoms with Crippen LogP contribution in [0, 0.1) is 6.92 Å². The third kappa shape index (κ3) is 3.60. The number of hydrogen-bond donors (Lipinski definition) is 2. The fraction of sp³-hybridized carbons (Fsp3) is 0.429. The highest BCUT2D eigenvalue weighted by Gasteiger charge is 2.31. The Hall–Kier alpha value is -1.89. The monoisotopic (exact) mass is 313 g/mol. The van der Waals surface area contributed by atoms with Crippen molar-refractivity contribution in [1.29, 1.82) is 0 Å². The molecule has 7 heteroatoms. The molecule has 1 amide bonds. The van der Waals surface area contributed by atoms with Gasteiger partial charge in [-0.1, -0.05) is 6.07 Å². The van der Waals surface area contributed by atoms with Crippen molar-refractivity contribution in [3.8, 4) is 0 Å². The van der Waals surface area contributed by atoms with Crippen molar-refractivity contribution in [1.82, 2.24) is 0 Å². The molecule has 6 nitrogen and oxygen atoms in total. The molecule has 0 aliphatic heterocycles. The van der Waals surface area contributed by atoms with Crippen LogP contribution >= 0.6 is 0 Å². The minimum atomic E-state index is -3.56. The highest BCUT2D eigenvalue weighted by atomic mass is 32.2. The van der Waals surface area contributed by atoms with Crippen LogP contribution in [0.5, 0.6) is 0 Å². The number of carboxylic acids is 1. The summed E-state index contributed by atoms with van der Waals surface area (Å²) in [7, 11) is -3.56. The number of amides is 1. The van der Waals surface area contributed by atoms with Gasteiger partial charge in [0.15, 0.2) is 9.84 Å². The van der Waals surface area contributed by atoms with Crippen LogP contribution in [0.3, 0.4) is 0 Å². The molecular formula is C14H19NO5S. The molecular weight excluding hydrogens is 294 g/mol. The summed E-state index contributed by atoms with van der Waals surface area (Å²) in [4.78, 5) is 23.1. The van der Waals surface area contributed by atoms with Gasteiger partial charge in [0.1, 0.15) is 5.25 Å². The number of carboxylic acid groups (broad SMARTS) is 1. The first-order chi connectivity index (χ1) is 9.59. The normalized spacial score (nSPS) is 13.0. The van der Waals surface area contributed by atoms with E-state index in [4.69, 9.17) is 5.11 Å². The Balaban J connectivity index is 3.05. The molecule has 21 heavy (non-hydrogen) atoms. The summed E-state index contributed by atoms with van der Waals surface area (Å²) in [5.74, 6) is -1.78. The van der Waals surface area contributed by atoms with Crippen LogP contribution in [0.4, 0.5) is 5.69 Å². The van der Waals surface area contributed by atoms with E-state index in [-0.39, 0.29) is 5.56 Å². The first-order valence-corrected chi connectivity index (χ1v) is 8.06. The molecule has 1 atom stereocenters. The average Bonchev–Trinajstić information content (AvgIpc) is 2.39. The Kier molecular flexibility index (Phi) is 5.11. The van der Waals surface area contributed by atoms with Gasteiger partial charge in [-0.05, 0) is 45.4 Å². The van der Waals surface area contributed by atoms with E-state index in [9.17, 15) is 18.0 Å². The molecule has 0 bridgehead atoms. The smallest absolute Gasteiger partial charge is 0.336 e. The maximum Gasteiger partial charge on any atom is 0.336 e. The summed E-state index contributed by atoms with van der Waals surface area (Å²) in [5, 5.41) is 9.65. The molecule has 116 valence electrons. The Morgan fingerprint density at radius 3 is 2.24 bits per heavy atom. The fourth-order valence-electron chi connectivity index (χ4n) is 1.79. The number of carbonyl (C=O) groups is 2. The molecule has 0 unspecified atom stereocenters. The van der Waals surface area contributed by atoms with Crippen molar-refractivity contribution >= 4 is 27.4 Å². The van der Waals surface area contributed by atoms with Crippen LogP contribution in [0.1, 0.15) is 36.7 Å². The second kappa shape index (κ2) is 6.26. The van der Waals surface area contributed by atoms with Crippen molar-refractivity contribution in [3.63, 3.8) is 0 Å². The van der Waals surface area contributed by atoms with Crippen LogP contribution in [-0.4, -0.2) is 35.9 Å². The van der Waals surface area contributed by atoms with Crippen LogP contribution in [0.25, 0.3) is 0 Å². The van der Waals surface area contributed by atoms with Crippen molar-refractivity contribution in [2.24, 2.45) is 0 Å². The Labute approximate surface area is 124 Å². The first-order valence-electron chi connectivity index (χ1n) is 6.45. The minimum Gasteiger partial charge on any atom is -0.478 e. The predicted molar refractivity (Wildman–Crippen MR) is 80.3 cm³/mol. The molecule has 0 heterocycles. The Morgan fingerprint density at radius 1 is 1.19 bits per heavy atom. The zero-order valence-electron chi connectivity index (χ0n) is 12.4.